The first-order valence-electron chi connectivity index (χ1n) is 9.07. The predicted octanol–water partition coefficient (Wildman–Crippen LogP) is 1.17. The highest BCUT2D eigenvalue weighted by molar-refractivity contribution is 7.91. The van der Waals surface area contributed by atoms with Gasteiger partial charge in [0.1, 0.15) is 9.84 Å². The second-order valence-electron chi connectivity index (χ2n) is 7.10. The molecule has 0 unspecified atom stereocenters. The average Bonchev–Trinajstić information content (AvgIpc) is 3.01. The van der Waals surface area contributed by atoms with Crippen molar-refractivity contribution in [3.05, 3.63) is 23.8 Å². The Kier molecular flexibility index (Phi) is 6.31. The molecule has 0 saturated carbocycles. The smallest absolute Gasteiger partial charge is 0.245 e. The number of hydrogen-bond acceptors (Lipinski definition) is 7. The molecule has 8 nitrogen and oxygen atoms in total. The molecule has 0 atom stereocenters. The Bertz CT molecular complexity index is 973. The van der Waals surface area contributed by atoms with Crippen molar-refractivity contribution in [3.8, 4) is 0 Å². The van der Waals surface area contributed by atoms with Gasteiger partial charge < -0.3 is 15.5 Å². The number of sulfone groups is 1. The summed E-state index contributed by atoms with van der Waals surface area (Å²) in [5.74, 6) is -0.226. The highest BCUT2D eigenvalue weighted by atomic mass is 32.2. The average molecular weight is 425 g/mol. The van der Waals surface area contributed by atoms with E-state index in [1.807, 2.05) is 25.1 Å². The molecule has 2 aromatic rings. The first-order valence-corrected chi connectivity index (χ1v) is 11.7. The molecule has 0 spiro atoms. The molecular formula is C18H24N4O4S2. The lowest BCUT2D eigenvalue weighted by Crippen LogP contribution is -2.45. The Balaban J connectivity index is 1.45. The summed E-state index contributed by atoms with van der Waals surface area (Å²) in [6.45, 7) is 2.00. The standard InChI is InChI=1S/C18H24N4O4S2/c1-12-3-4-14-15(9-12)27-18(20-14)21-16(23)11-22(2)17(24)10-19-13-5-7-28(25,26)8-6-13/h3-4,9,13,19H,5-8,10-11H2,1-2H3,(H,20,21,23). The van der Waals surface area contributed by atoms with Crippen molar-refractivity contribution in [3.63, 3.8) is 0 Å². The first kappa shape index (κ1) is 20.7. The maximum Gasteiger partial charge on any atom is 0.245 e. The van der Waals surface area contributed by atoms with Gasteiger partial charge in [0.25, 0.3) is 0 Å². The van der Waals surface area contributed by atoms with Gasteiger partial charge in [0.2, 0.25) is 11.8 Å². The second kappa shape index (κ2) is 8.54. The summed E-state index contributed by atoms with van der Waals surface area (Å²) in [6.07, 6.45) is 1.02. The van der Waals surface area contributed by atoms with Gasteiger partial charge >= 0.3 is 0 Å². The molecule has 2 heterocycles. The maximum atomic E-state index is 12.2. The summed E-state index contributed by atoms with van der Waals surface area (Å²) in [5.41, 5.74) is 1.96. The molecule has 1 saturated heterocycles. The van der Waals surface area contributed by atoms with Gasteiger partial charge in [0, 0.05) is 13.1 Å². The number of aromatic nitrogens is 1. The van der Waals surface area contributed by atoms with E-state index in [4.69, 9.17) is 0 Å². The molecule has 0 aliphatic carbocycles. The lowest BCUT2D eigenvalue weighted by Gasteiger charge is -2.24. The summed E-state index contributed by atoms with van der Waals surface area (Å²) in [6, 6.07) is 5.91. The van der Waals surface area contributed by atoms with Crippen molar-refractivity contribution in [1.82, 2.24) is 15.2 Å². The van der Waals surface area contributed by atoms with Crippen LogP contribution in [0.5, 0.6) is 0 Å². The van der Waals surface area contributed by atoms with Crippen LogP contribution in [0.1, 0.15) is 18.4 Å². The van der Waals surface area contributed by atoms with E-state index >= 15 is 0 Å². The molecule has 2 N–H and O–H groups in total. The van der Waals surface area contributed by atoms with Gasteiger partial charge in [-0.1, -0.05) is 17.4 Å². The molecule has 1 aromatic heterocycles. The zero-order valence-corrected chi connectivity index (χ0v) is 17.5. The third kappa shape index (κ3) is 5.49. The number of fused-ring (bicyclic) bond motifs is 1. The third-order valence-electron chi connectivity index (χ3n) is 4.69. The van der Waals surface area contributed by atoms with Crippen LogP contribution in [0.3, 0.4) is 0 Å². The van der Waals surface area contributed by atoms with Crippen LogP contribution >= 0.6 is 11.3 Å². The molecule has 1 fully saturated rings. The quantitative estimate of drug-likeness (QED) is 0.721. The number of aryl methyl sites for hydroxylation is 1. The van der Waals surface area contributed by atoms with Gasteiger partial charge in [0.15, 0.2) is 5.13 Å². The Morgan fingerprint density at radius 2 is 2.00 bits per heavy atom. The molecule has 1 aliphatic rings. The van der Waals surface area contributed by atoms with Gasteiger partial charge in [-0.25, -0.2) is 13.4 Å². The molecule has 0 radical (unpaired) electrons. The monoisotopic (exact) mass is 424 g/mol. The van der Waals surface area contributed by atoms with Crippen LogP contribution < -0.4 is 10.6 Å². The van der Waals surface area contributed by atoms with E-state index in [9.17, 15) is 18.0 Å². The van der Waals surface area contributed by atoms with Crippen LogP contribution in [0.25, 0.3) is 10.2 Å². The van der Waals surface area contributed by atoms with Crippen molar-refractivity contribution in [1.29, 1.82) is 0 Å². The number of hydrogen-bond donors (Lipinski definition) is 2. The van der Waals surface area contributed by atoms with E-state index in [1.54, 1.807) is 7.05 Å². The molecule has 3 rings (SSSR count). The van der Waals surface area contributed by atoms with E-state index in [0.29, 0.717) is 18.0 Å². The number of nitrogens with zero attached hydrogens (tertiary/aromatic N) is 2. The zero-order chi connectivity index (χ0) is 20.3. The molecule has 10 heteroatoms. The molecule has 2 amide bonds. The van der Waals surface area contributed by atoms with Crippen molar-refractivity contribution >= 4 is 48.3 Å². The van der Waals surface area contributed by atoms with Crippen molar-refractivity contribution in [2.75, 3.05) is 37.0 Å². The number of amides is 2. The third-order valence-corrected chi connectivity index (χ3v) is 7.34. The van der Waals surface area contributed by atoms with Gasteiger partial charge in [0.05, 0.1) is 34.8 Å². The minimum Gasteiger partial charge on any atom is -0.335 e. The van der Waals surface area contributed by atoms with Gasteiger partial charge in [-0.15, -0.1) is 0 Å². The van der Waals surface area contributed by atoms with Gasteiger partial charge in [-0.2, -0.15) is 0 Å². The van der Waals surface area contributed by atoms with Gasteiger partial charge in [-0.05, 0) is 37.5 Å². The van der Waals surface area contributed by atoms with Crippen LogP contribution in [0, 0.1) is 6.92 Å². The topological polar surface area (TPSA) is 108 Å². The molecule has 28 heavy (non-hydrogen) atoms. The van der Waals surface area contributed by atoms with E-state index in [2.05, 4.69) is 15.6 Å². The molecular weight excluding hydrogens is 400 g/mol. The summed E-state index contributed by atoms with van der Waals surface area (Å²) >= 11 is 1.40. The van der Waals surface area contributed by atoms with Gasteiger partial charge in [-0.3, -0.25) is 9.59 Å². The lowest BCUT2D eigenvalue weighted by atomic mass is 10.1. The Morgan fingerprint density at radius 3 is 2.71 bits per heavy atom. The summed E-state index contributed by atoms with van der Waals surface area (Å²) in [4.78, 5) is 30.2. The van der Waals surface area contributed by atoms with Crippen LogP contribution in [0.4, 0.5) is 5.13 Å². The first-order chi connectivity index (χ1) is 13.2. The van der Waals surface area contributed by atoms with E-state index in [0.717, 1.165) is 15.8 Å². The second-order valence-corrected chi connectivity index (χ2v) is 10.4. The van der Waals surface area contributed by atoms with Crippen molar-refractivity contribution in [2.24, 2.45) is 0 Å². The largest absolute Gasteiger partial charge is 0.335 e. The highest BCUT2D eigenvalue weighted by Crippen LogP contribution is 2.26. The number of carbonyl (C=O) groups is 2. The van der Waals surface area contributed by atoms with Crippen LogP contribution in [0.15, 0.2) is 18.2 Å². The van der Waals surface area contributed by atoms with Crippen molar-refractivity contribution < 1.29 is 18.0 Å². The fourth-order valence-corrected chi connectivity index (χ4v) is 5.48. The molecule has 1 aromatic carbocycles. The van der Waals surface area contributed by atoms with E-state index in [1.165, 1.54) is 16.2 Å². The number of rotatable bonds is 6. The maximum absolute atomic E-state index is 12.2. The SMILES string of the molecule is Cc1ccc2nc(NC(=O)CN(C)C(=O)CNC3CCS(=O)(=O)CC3)sc2c1. The highest BCUT2D eigenvalue weighted by Gasteiger charge is 2.24. The Morgan fingerprint density at radius 1 is 1.29 bits per heavy atom. The van der Waals surface area contributed by atoms with Crippen molar-refractivity contribution in [2.45, 2.75) is 25.8 Å². The van der Waals surface area contributed by atoms with Crippen LogP contribution in [0.2, 0.25) is 0 Å². The molecule has 0 bridgehead atoms. The fraction of sp³-hybridized carbons (Fsp3) is 0.500. The number of likely N-dealkylation sites (N-methyl/N-ethyl adjacent to an activating group) is 1. The predicted molar refractivity (Wildman–Crippen MR) is 110 cm³/mol. The molecule has 1 aliphatic heterocycles. The zero-order valence-electron chi connectivity index (χ0n) is 15.9. The molecule has 152 valence electrons. The van der Waals surface area contributed by atoms with Crippen LogP contribution in [-0.4, -0.2) is 67.8 Å². The number of thiazole rings is 1. The Labute approximate surface area is 168 Å². The fourth-order valence-electron chi connectivity index (χ4n) is 3.01. The van der Waals surface area contributed by atoms with E-state index < -0.39 is 9.84 Å². The number of carbonyl (C=O) groups excluding carboxylic acids is 2. The number of nitrogens with one attached hydrogen (secondary N) is 2. The minimum absolute atomic E-state index is 0.0147. The summed E-state index contributed by atoms with van der Waals surface area (Å²) in [7, 11) is -1.36. The normalized spacial score (nSPS) is 16.8. The number of benzene rings is 1. The van der Waals surface area contributed by atoms with E-state index in [-0.39, 0.29) is 42.5 Å². The number of anilines is 1. The summed E-state index contributed by atoms with van der Waals surface area (Å²) < 4.78 is 23.9. The Hall–Kier alpha value is -2.04. The van der Waals surface area contributed by atoms with Crippen LogP contribution in [-0.2, 0) is 19.4 Å². The summed E-state index contributed by atoms with van der Waals surface area (Å²) in [5, 5.41) is 6.33. The minimum atomic E-state index is -2.92. The lowest BCUT2D eigenvalue weighted by molar-refractivity contribution is -0.132.